The highest BCUT2D eigenvalue weighted by Crippen LogP contribution is 2.60. The van der Waals surface area contributed by atoms with Crippen molar-refractivity contribution in [2.75, 3.05) is 0 Å². The van der Waals surface area contributed by atoms with Gasteiger partial charge in [0.1, 0.15) is 0 Å². The second kappa shape index (κ2) is 11.4. The lowest BCUT2D eigenvalue weighted by atomic mass is 9.45. The van der Waals surface area contributed by atoms with Crippen LogP contribution in [-0.4, -0.2) is 25.0 Å². The van der Waals surface area contributed by atoms with E-state index in [0.29, 0.717) is 0 Å². The van der Waals surface area contributed by atoms with Gasteiger partial charge in [0.15, 0.2) is 0 Å². The number of nitrogens with zero attached hydrogens (tertiary/aromatic N) is 4. The zero-order valence-electron chi connectivity index (χ0n) is 37.1. The number of fused-ring (bicyclic) bond motifs is 27. The van der Waals surface area contributed by atoms with Gasteiger partial charge < -0.3 is 18.2 Å². The van der Waals surface area contributed by atoms with Crippen molar-refractivity contribution < 1.29 is 0 Å². The molecule has 1 atom stereocenters. The topological polar surface area (TPSA) is 19.7 Å². The standard InChI is InChI=1S/C63H31BN4S2/c1-5-25-45-31(13-1)35-17-9-21-39-55(35)65(45)47-29-42-33-15-3-7-27-49(33)69-62(42)51-37-19-10-22-40-56(37)67(59(39)53(47)51)60-41-23-11-20-38-52-54-48(30-43-34-16-4-8-28-50(34)70-63(43)52)66-46-26-6-2-14-32(46)36-18-12-24-44(58(36)66)64(54)68(57(38)41)61(40)60/h1-30,59H. The molecule has 0 fully saturated rings. The Kier molecular flexibility index (Phi) is 5.67. The van der Waals surface area contributed by atoms with Crippen LogP contribution in [0.2, 0.25) is 0 Å². The second-order valence-corrected chi connectivity index (χ2v) is 22.3. The van der Waals surface area contributed by atoms with Crippen molar-refractivity contribution in [3.05, 3.63) is 193 Å². The second-order valence-electron chi connectivity index (χ2n) is 20.2. The Morgan fingerprint density at radius 2 is 0.929 bits per heavy atom. The first kappa shape index (κ1) is 34.9. The Balaban J connectivity index is 1.03. The van der Waals surface area contributed by atoms with Gasteiger partial charge in [0.05, 0.1) is 50.3 Å². The van der Waals surface area contributed by atoms with Gasteiger partial charge in [-0.15, -0.1) is 22.7 Å². The molecule has 4 aliphatic heterocycles. The Labute approximate surface area is 405 Å². The van der Waals surface area contributed by atoms with Crippen LogP contribution in [0, 0.1) is 0 Å². The predicted molar refractivity (Wildman–Crippen MR) is 298 cm³/mol. The third kappa shape index (κ3) is 3.57. The van der Waals surface area contributed by atoms with Crippen LogP contribution in [0.4, 0.5) is 0 Å². The Bertz CT molecular complexity index is 4950. The maximum absolute atomic E-state index is 2.83. The fourth-order valence-corrected chi connectivity index (χ4v) is 17.4. The third-order valence-corrected chi connectivity index (χ3v) is 19.7. The third-order valence-electron chi connectivity index (χ3n) is 17.3. The van der Waals surface area contributed by atoms with E-state index in [-0.39, 0.29) is 12.9 Å². The number of hydrogen-bond donors (Lipinski definition) is 0. The fourth-order valence-electron chi connectivity index (χ4n) is 14.9. The Hall–Kier alpha value is -8.36. The van der Waals surface area contributed by atoms with Gasteiger partial charge >= 0.3 is 6.85 Å². The molecule has 16 aromatic rings. The molecule has 0 bridgehead atoms. The van der Waals surface area contributed by atoms with E-state index in [0.717, 1.165) is 0 Å². The summed E-state index contributed by atoms with van der Waals surface area (Å²) in [6.45, 7) is -0.0527. The van der Waals surface area contributed by atoms with E-state index >= 15 is 0 Å². The molecule has 10 aromatic carbocycles. The summed E-state index contributed by atoms with van der Waals surface area (Å²) >= 11 is 3.93. The van der Waals surface area contributed by atoms with Crippen molar-refractivity contribution in [3.8, 4) is 33.6 Å². The number of para-hydroxylation sites is 6. The number of aromatic nitrogens is 4. The van der Waals surface area contributed by atoms with Crippen LogP contribution in [0.5, 0.6) is 0 Å². The van der Waals surface area contributed by atoms with Crippen LogP contribution in [0.25, 0.3) is 150 Å². The lowest BCUT2D eigenvalue weighted by molar-refractivity contribution is 0.712. The predicted octanol–water partition coefficient (Wildman–Crippen LogP) is 15.6. The van der Waals surface area contributed by atoms with Gasteiger partial charge in [-0.2, -0.15) is 0 Å². The lowest BCUT2D eigenvalue weighted by Crippen LogP contribution is -2.55. The van der Waals surface area contributed by atoms with Gasteiger partial charge in [-0.05, 0) is 47.3 Å². The van der Waals surface area contributed by atoms with E-state index < -0.39 is 0 Å². The number of benzene rings is 10. The van der Waals surface area contributed by atoms with Gasteiger partial charge in [-0.25, -0.2) is 0 Å². The summed E-state index contributed by atoms with van der Waals surface area (Å²) in [6.07, 6.45) is 0. The maximum atomic E-state index is 2.83. The highest BCUT2D eigenvalue weighted by molar-refractivity contribution is 7.27. The summed E-state index contributed by atoms with van der Waals surface area (Å²) in [5.41, 5.74) is 24.1. The zero-order chi connectivity index (χ0) is 44.6. The summed E-state index contributed by atoms with van der Waals surface area (Å²) in [5, 5.41) is 13.2. The van der Waals surface area contributed by atoms with E-state index in [4.69, 9.17) is 0 Å². The smallest absolute Gasteiger partial charge is 0.333 e. The SMILES string of the molecule is c1ccc2c(c1)sc1c3c4c(cc12)-n1c2ccccc2c2cccc(c21)B4n1c2c-3cccc2c2c1c1cccc3c1n2C1c2c(cc4c(sc5ccccc54)c2-3)-n2c3ccccc3c3cccc1c32. The minimum Gasteiger partial charge on any atom is -0.374 e. The van der Waals surface area contributed by atoms with Crippen molar-refractivity contribution in [1.29, 1.82) is 0 Å². The van der Waals surface area contributed by atoms with Crippen molar-refractivity contribution in [2.24, 2.45) is 0 Å². The molecule has 4 nitrogen and oxygen atoms in total. The van der Waals surface area contributed by atoms with Crippen LogP contribution < -0.4 is 10.9 Å². The monoisotopic (exact) mass is 918 g/mol. The lowest BCUT2D eigenvalue weighted by Gasteiger charge is -2.36. The summed E-state index contributed by atoms with van der Waals surface area (Å²) in [4.78, 5) is 0. The first-order valence-electron chi connectivity index (χ1n) is 24.4. The molecule has 1 unspecified atom stereocenters. The van der Waals surface area contributed by atoms with Crippen LogP contribution in [0.3, 0.4) is 0 Å². The van der Waals surface area contributed by atoms with Crippen molar-refractivity contribution in [3.63, 3.8) is 0 Å². The van der Waals surface area contributed by atoms with Crippen LogP contribution in [-0.2, 0) is 0 Å². The highest BCUT2D eigenvalue weighted by atomic mass is 32.1. The quantitative estimate of drug-likeness (QED) is 0.135. The Morgan fingerprint density at radius 1 is 0.386 bits per heavy atom. The van der Waals surface area contributed by atoms with Crippen molar-refractivity contribution in [1.82, 2.24) is 18.2 Å². The van der Waals surface area contributed by atoms with Crippen molar-refractivity contribution >= 4 is 157 Å². The first-order valence-corrected chi connectivity index (χ1v) is 26.0. The van der Waals surface area contributed by atoms with Crippen LogP contribution in [0.1, 0.15) is 17.2 Å². The molecule has 10 heterocycles. The average molecular weight is 919 g/mol. The molecule has 0 amide bonds. The molecule has 4 aliphatic rings. The van der Waals surface area contributed by atoms with E-state index in [1.807, 2.05) is 22.7 Å². The zero-order valence-corrected chi connectivity index (χ0v) is 38.7. The average Bonchev–Trinajstić information content (AvgIpc) is 4.26. The fraction of sp³-hybridized carbons (Fsp3) is 0.0159. The number of hydrogen-bond acceptors (Lipinski definition) is 2. The van der Waals surface area contributed by atoms with E-state index in [1.165, 1.54) is 172 Å². The van der Waals surface area contributed by atoms with Gasteiger partial charge in [-0.3, -0.25) is 0 Å². The molecule has 0 saturated heterocycles. The number of thiophene rings is 2. The molecular weight excluding hydrogens is 888 g/mol. The molecular formula is C63H31BN4S2. The summed E-state index contributed by atoms with van der Waals surface area (Å²) in [7, 11) is 0. The molecule has 70 heavy (non-hydrogen) atoms. The van der Waals surface area contributed by atoms with Crippen molar-refractivity contribution in [2.45, 2.75) is 6.04 Å². The Morgan fingerprint density at radius 3 is 1.66 bits per heavy atom. The molecule has 318 valence electrons. The summed E-state index contributed by atoms with van der Waals surface area (Å²) in [6, 6.07) is 70.0. The molecule has 20 rings (SSSR count). The number of rotatable bonds is 0. The van der Waals surface area contributed by atoms with E-state index in [2.05, 4.69) is 200 Å². The van der Waals surface area contributed by atoms with Gasteiger partial charge in [-0.1, -0.05) is 146 Å². The summed E-state index contributed by atoms with van der Waals surface area (Å²) in [5.74, 6) is 0. The van der Waals surface area contributed by atoms with Crippen LogP contribution in [0.15, 0.2) is 182 Å². The van der Waals surface area contributed by atoms with Gasteiger partial charge in [0, 0.05) is 117 Å². The molecule has 7 heteroatoms. The van der Waals surface area contributed by atoms with Gasteiger partial charge in [0.2, 0.25) is 0 Å². The molecule has 0 spiro atoms. The first-order chi connectivity index (χ1) is 34.8. The van der Waals surface area contributed by atoms with E-state index in [1.54, 1.807) is 0 Å². The minimum atomic E-state index is -0.0527. The molecule has 0 aliphatic carbocycles. The molecule has 0 radical (unpaired) electrons. The van der Waals surface area contributed by atoms with Crippen LogP contribution >= 0.6 is 22.7 Å². The molecule has 6 aromatic heterocycles. The molecule has 0 saturated carbocycles. The van der Waals surface area contributed by atoms with E-state index in [9.17, 15) is 0 Å². The normalized spacial score (nSPS) is 15.0. The largest absolute Gasteiger partial charge is 0.374 e. The highest BCUT2D eigenvalue weighted by Gasteiger charge is 2.46. The summed E-state index contributed by atoms with van der Waals surface area (Å²) < 4.78 is 16.3. The minimum absolute atomic E-state index is 0.0527. The molecule has 0 N–H and O–H groups in total. The van der Waals surface area contributed by atoms with Gasteiger partial charge in [0.25, 0.3) is 0 Å². The maximum Gasteiger partial charge on any atom is 0.333 e.